The third-order valence-electron chi connectivity index (χ3n) is 9.54. The van der Waals surface area contributed by atoms with Crippen LogP contribution in [-0.2, 0) is 33.4 Å². The van der Waals surface area contributed by atoms with Crippen LogP contribution in [0, 0.1) is 0 Å². The number of ether oxygens (including phenoxy) is 2. The van der Waals surface area contributed by atoms with Crippen LogP contribution in [0.2, 0.25) is 0 Å². The molecule has 0 atom stereocenters. The van der Waals surface area contributed by atoms with Crippen molar-refractivity contribution in [1.29, 1.82) is 0 Å². The first-order valence-electron chi connectivity index (χ1n) is 15.9. The van der Waals surface area contributed by atoms with E-state index in [0.29, 0.717) is 24.2 Å². The molecule has 2 heterocycles. The molecule has 6 nitrogen and oxygen atoms in total. The molecule has 0 unspecified atom stereocenters. The van der Waals surface area contributed by atoms with Crippen molar-refractivity contribution in [3.05, 3.63) is 154 Å². The van der Waals surface area contributed by atoms with Gasteiger partial charge in [0.2, 0.25) is 5.69 Å². The van der Waals surface area contributed by atoms with Crippen LogP contribution in [0.15, 0.2) is 121 Å². The smallest absolute Gasteiger partial charge is 0.337 e. The number of para-hydroxylation sites is 2. The number of nitrogens with zero attached hydrogens (tertiary/aromatic N) is 2. The molecule has 0 amide bonds. The molecular weight excluding hydrogens is 584 g/mol. The Bertz CT molecular complexity index is 1930. The molecule has 0 N–H and O–H groups in total. The van der Waals surface area contributed by atoms with Crippen LogP contribution in [0.4, 0.5) is 11.4 Å². The molecule has 47 heavy (non-hydrogen) atoms. The first kappa shape index (κ1) is 31.7. The van der Waals surface area contributed by atoms with Crippen molar-refractivity contribution in [3.8, 4) is 0 Å². The molecule has 0 aromatic heterocycles. The molecule has 0 fully saturated rings. The van der Waals surface area contributed by atoms with Gasteiger partial charge in [0.25, 0.3) is 0 Å². The highest BCUT2D eigenvalue weighted by atomic mass is 16.5. The maximum atomic E-state index is 12.0. The van der Waals surface area contributed by atoms with Crippen molar-refractivity contribution in [2.45, 2.75) is 51.6 Å². The summed E-state index contributed by atoms with van der Waals surface area (Å²) < 4.78 is 12.2. The van der Waals surface area contributed by atoms with E-state index < -0.39 is 0 Å². The number of anilines is 1. The van der Waals surface area contributed by atoms with Crippen molar-refractivity contribution in [2.75, 3.05) is 19.1 Å². The van der Waals surface area contributed by atoms with Crippen molar-refractivity contribution in [1.82, 2.24) is 0 Å². The minimum atomic E-state index is -0.336. The second-order valence-electron chi connectivity index (χ2n) is 13.1. The van der Waals surface area contributed by atoms with Gasteiger partial charge in [-0.25, -0.2) is 9.59 Å². The Morgan fingerprint density at radius 2 is 1.26 bits per heavy atom. The van der Waals surface area contributed by atoms with Crippen molar-refractivity contribution >= 4 is 29.0 Å². The number of fused-ring (bicyclic) bond motifs is 2. The van der Waals surface area contributed by atoms with E-state index in [2.05, 4.69) is 104 Å². The largest absolute Gasteiger partial charge is 0.465 e. The Kier molecular flexibility index (Phi) is 8.45. The zero-order valence-electron chi connectivity index (χ0n) is 27.9. The quantitative estimate of drug-likeness (QED) is 0.146. The molecule has 6 rings (SSSR count). The van der Waals surface area contributed by atoms with Gasteiger partial charge in [-0.15, -0.1) is 0 Å². The maximum Gasteiger partial charge on any atom is 0.337 e. The molecule has 6 heteroatoms. The van der Waals surface area contributed by atoms with E-state index in [9.17, 15) is 9.59 Å². The van der Waals surface area contributed by atoms with Crippen LogP contribution in [0.1, 0.15) is 70.7 Å². The van der Waals surface area contributed by atoms with Crippen LogP contribution >= 0.6 is 0 Å². The zero-order chi connectivity index (χ0) is 33.3. The molecular formula is C41H41N2O4+. The van der Waals surface area contributed by atoms with Crippen molar-refractivity contribution in [2.24, 2.45) is 0 Å². The lowest BCUT2D eigenvalue weighted by molar-refractivity contribution is -0.455. The van der Waals surface area contributed by atoms with E-state index in [1.54, 1.807) is 0 Å². The Morgan fingerprint density at radius 1 is 0.702 bits per heavy atom. The summed E-state index contributed by atoms with van der Waals surface area (Å²) in [5.74, 6) is -0.673. The molecule has 2 aliphatic rings. The minimum Gasteiger partial charge on any atom is -0.465 e. The molecule has 4 aromatic carbocycles. The van der Waals surface area contributed by atoms with E-state index in [0.717, 1.165) is 11.1 Å². The lowest BCUT2D eigenvalue weighted by Crippen LogP contribution is -2.28. The second-order valence-corrected chi connectivity index (χ2v) is 13.1. The number of hydrogen-bond donors (Lipinski definition) is 0. The van der Waals surface area contributed by atoms with Crippen LogP contribution < -0.4 is 4.90 Å². The van der Waals surface area contributed by atoms with Gasteiger partial charge < -0.3 is 14.4 Å². The molecule has 4 aromatic rings. The number of carbonyl (C=O) groups excluding carboxylic acids is 2. The lowest BCUT2D eigenvalue weighted by atomic mass is 9.81. The molecule has 0 saturated carbocycles. The number of carbonyl (C=O) groups is 2. The fraction of sp³-hybridized carbons (Fsp3) is 0.244. The summed E-state index contributed by atoms with van der Waals surface area (Å²) in [6.07, 6.45) is 6.68. The molecule has 2 aliphatic heterocycles. The third-order valence-corrected chi connectivity index (χ3v) is 9.54. The summed E-state index contributed by atoms with van der Waals surface area (Å²) >= 11 is 0. The van der Waals surface area contributed by atoms with Gasteiger partial charge in [0.05, 0.1) is 30.8 Å². The second kappa shape index (κ2) is 12.5. The predicted octanol–water partition coefficient (Wildman–Crippen LogP) is 8.27. The van der Waals surface area contributed by atoms with Gasteiger partial charge in [-0.3, -0.25) is 0 Å². The standard InChI is InChI=1S/C41H41N2O4/c1-40(2)32-12-7-9-14-34(32)42(26-28-18-22-30(23-19-28)38(44)46-5)36(40)16-11-17-37-41(3,4)33-13-8-10-15-35(33)43(37)27-29-20-24-31(25-21-29)39(45)47-6/h7-25H,26-27H2,1-6H3/q+1. The third kappa shape index (κ3) is 5.80. The summed E-state index contributed by atoms with van der Waals surface area (Å²) in [5.41, 5.74) is 10.2. The normalized spacial score (nSPS) is 16.8. The Morgan fingerprint density at radius 3 is 1.87 bits per heavy atom. The highest BCUT2D eigenvalue weighted by Crippen LogP contribution is 2.48. The molecule has 0 radical (unpaired) electrons. The van der Waals surface area contributed by atoms with E-state index in [1.807, 2.05) is 48.5 Å². The summed E-state index contributed by atoms with van der Waals surface area (Å²) in [4.78, 5) is 26.4. The summed E-state index contributed by atoms with van der Waals surface area (Å²) in [6.45, 7) is 10.4. The van der Waals surface area contributed by atoms with Crippen LogP contribution in [0.25, 0.3) is 0 Å². The van der Waals surface area contributed by atoms with E-state index in [4.69, 9.17) is 9.47 Å². The first-order valence-corrected chi connectivity index (χ1v) is 15.9. The average Bonchev–Trinajstić information content (AvgIpc) is 3.43. The van der Waals surface area contributed by atoms with Gasteiger partial charge in [0.15, 0.2) is 12.3 Å². The predicted molar refractivity (Wildman–Crippen MR) is 187 cm³/mol. The fourth-order valence-corrected chi connectivity index (χ4v) is 6.95. The Balaban J connectivity index is 1.37. The van der Waals surface area contributed by atoms with E-state index in [-0.39, 0.29) is 22.8 Å². The van der Waals surface area contributed by atoms with E-state index in [1.165, 1.54) is 48.1 Å². The monoisotopic (exact) mass is 625 g/mol. The maximum absolute atomic E-state index is 12.0. The number of hydrogen-bond acceptors (Lipinski definition) is 5. The topological polar surface area (TPSA) is 58.8 Å². The molecule has 238 valence electrons. The SMILES string of the molecule is COC(=O)c1ccc(CN2/C(=C/C=C/C3=[N+](Cc4ccc(C(=O)OC)cc4)c4ccccc4C3(C)C)C(C)(C)c3ccccc32)cc1. The number of rotatable bonds is 8. The number of methoxy groups -OCH3 is 2. The number of benzene rings is 4. The molecule has 0 saturated heterocycles. The van der Waals surface area contributed by atoms with Crippen molar-refractivity contribution < 1.29 is 23.6 Å². The Hall–Kier alpha value is -5.23. The summed E-state index contributed by atoms with van der Waals surface area (Å²) in [7, 11) is 2.80. The average molecular weight is 626 g/mol. The van der Waals surface area contributed by atoms with Crippen LogP contribution in [-0.4, -0.2) is 36.4 Å². The lowest BCUT2D eigenvalue weighted by Gasteiger charge is -2.27. The molecule has 0 aliphatic carbocycles. The van der Waals surface area contributed by atoms with Crippen molar-refractivity contribution in [3.63, 3.8) is 0 Å². The number of allylic oxidation sites excluding steroid dienone is 4. The molecule has 0 bridgehead atoms. The highest BCUT2D eigenvalue weighted by molar-refractivity contribution is 6.03. The summed E-state index contributed by atoms with van der Waals surface area (Å²) in [6, 6.07) is 32.5. The van der Waals surface area contributed by atoms with E-state index >= 15 is 0 Å². The summed E-state index contributed by atoms with van der Waals surface area (Å²) in [5, 5.41) is 0. The number of esters is 2. The van der Waals surface area contributed by atoms with Crippen LogP contribution in [0.3, 0.4) is 0 Å². The van der Waals surface area contributed by atoms with Crippen LogP contribution in [0.5, 0.6) is 0 Å². The van der Waals surface area contributed by atoms with Gasteiger partial charge in [0.1, 0.15) is 0 Å². The van der Waals surface area contributed by atoms with Gasteiger partial charge in [-0.1, -0.05) is 80.6 Å². The Labute approximate surface area is 277 Å². The van der Waals surface area contributed by atoms with Gasteiger partial charge in [-0.2, -0.15) is 4.58 Å². The van der Waals surface area contributed by atoms with Gasteiger partial charge in [-0.05, 0) is 61.4 Å². The van der Waals surface area contributed by atoms with Gasteiger partial charge in [0, 0.05) is 46.6 Å². The first-order chi connectivity index (χ1) is 22.6. The minimum absolute atomic E-state index is 0.215. The molecule has 0 spiro atoms. The van der Waals surface area contributed by atoms with Gasteiger partial charge >= 0.3 is 11.9 Å². The highest BCUT2D eigenvalue weighted by Gasteiger charge is 2.44. The zero-order valence-corrected chi connectivity index (χ0v) is 27.9. The fourth-order valence-electron chi connectivity index (χ4n) is 6.95.